The van der Waals surface area contributed by atoms with Crippen molar-refractivity contribution in [3.63, 3.8) is 0 Å². The Morgan fingerprint density at radius 1 is 1.19 bits per heavy atom. The number of aromatic nitrogens is 2. The summed E-state index contributed by atoms with van der Waals surface area (Å²) in [4.78, 5) is 17.9. The van der Waals surface area contributed by atoms with E-state index < -0.39 is 0 Å². The number of imidazole rings is 1. The van der Waals surface area contributed by atoms with Gasteiger partial charge in [0.05, 0.1) is 16.6 Å². The van der Waals surface area contributed by atoms with Crippen LogP contribution in [-0.2, 0) is 0 Å². The van der Waals surface area contributed by atoms with E-state index in [0.29, 0.717) is 33.9 Å². The number of nitrogens with zero attached hydrogens (tertiary/aromatic N) is 3. The van der Waals surface area contributed by atoms with Crippen molar-refractivity contribution in [1.29, 1.82) is 0 Å². The van der Waals surface area contributed by atoms with Crippen molar-refractivity contribution in [3.8, 4) is 5.75 Å². The molecular formula is C19H26Cl3N3O2. The minimum absolute atomic E-state index is 0.152. The Bertz CT molecular complexity index is 680. The Labute approximate surface area is 176 Å². The lowest BCUT2D eigenvalue weighted by atomic mass is 10.3. The summed E-state index contributed by atoms with van der Waals surface area (Å²) in [6.07, 6.45) is 5.48. The van der Waals surface area contributed by atoms with Crippen LogP contribution in [0, 0.1) is 5.92 Å². The second-order valence-corrected chi connectivity index (χ2v) is 7.77. The van der Waals surface area contributed by atoms with E-state index in [4.69, 9.17) is 39.5 Å². The lowest BCUT2D eigenvalue weighted by Crippen LogP contribution is -2.37. The van der Waals surface area contributed by atoms with Crippen LogP contribution in [0.2, 0.25) is 15.1 Å². The lowest BCUT2D eigenvalue weighted by Gasteiger charge is -2.22. The topological polar surface area (TPSA) is 47.4 Å². The molecule has 0 aliphatic rings. The van der Waals surface area contributed by atoms with Gasteiger partial charge in [0.25, 0.3) is 0 Å². The van der Waals surface area contributed by atoms with Crippen LogP contribution in [0.4, 0.5) is 4.79 Å². The normalized spacial score (nSPS) is 10.4. The molecule has 0 bridgehead atoms. The molecule has 2 aromatic rings. The summed E-state index contributed by atoms with van der Waals surface area (Å²) in [5.74, 6) is 1.20. The summed E-state index contributed by atoms with van der Waals surface area (Å²) >= 11 is 18.0. The van der Waals surface area contributed by atoms with Gasteiger partial charge < -0.3 is 9.64 Å². The van der Waals surface area contributed by atoms with Crippen molar-refractivity contribution in [3.05, 3.63) is 45.9 Å². The van der Waals surface area contributed by atoms with E-state index in [0.717, 1.165) is 12.3 Å². The fraction of sp³-hybridized carbons (Fsp3) is 0.474. The van der Waals surface area contributed by atoms with Crippen LogP contribution < -0.4 is 4.74 Å². The molecule has 0 unspecified atom stereocenters. The third-order valence-electron chi connectivity index (χ3n) is 3.06. The molecular weight excluding hydrogens is 409 g/mol. The second kappa shape index (κ2) is 12.1. The van der Waals surface area contributed by atoms with E-state index in [-0.39, 0.29) is 12.6 Å². The van der Waals surface area contributed by atoms with Crippen molar-refractivity contribution >= 4 is 40.8 Å². The predicted octanol–water partition coefficient (Wildman–Crippen LogP) is 6.26. The number of hydrogen-bond acceptors (Lipinski definition) is 3. The number of halogens is 3. The number of hydrogen-bond donors (Lipinski definition) is 0. The van der Waals surface area contributed by atoms with E-state index in [1.165, 1.54) is 10.9 Å². The summed E-state index contributed by atoms with van der Waals surface area (Å²) in [6.45, 7) is 9.78. The first kappa shape index (κ1) is 23.6. The minimum atomic E-state index is -0.152. The number of carbonyl (C=O) groups excluding carboxylic acids is 1. The third-order valence-corrected chi connectivity index (χ3v) is 3.84. The van der Waals surface area contributed by atoms with Gasteiger partial charge in [-0.3, -0.25) is 4.57 Å². The first-order valence-electron chi connectivity index (χ1n) is 8.80. The average Bonchev–Trinajstić information content (AvgIpc) is 3.09. The van der Waals surface area contributed by atoms with Crippen molar-refractivity contribution in [2.75, 3.05) is 19.7 Å². The Morgan fingerprint density at radius 3 is 2.26 bits per heavy atom. The van der Waals surface area contributed by atoms with Gasteiger partial charge in [0, 0.05) is 24.0 Å². The Kier molecular flexibility index (Phi) is 10.6. The Morgan fingerprint density at radius 2 is 1.78 bits per heavy atom. The highest BCUT2D eigenvalue weighted by Crippen LogP contribution is 2.35. The highest BCUT2D eigenvalue weighted by molar-refractivity contribution is 6.40. The summed E-state index contributed by atoms with van der Waals surface area (Å²) in [6, 6.07) is 2.97. The second-order valence-electron chi connectivity index (χ2n) is 6.52. The molecule has 1 amide bonds. The van der Waals surface area contributed by atoms with Gasteiger partial charge in [0.15, 0.2) is 5.75 Å². The van der Waals surface area contributed by atoms with Crippen LogP contribution in [0.3, 0.4) is 0 Å². The smallest absolute Gasteiger partial charge is 0.329 e. The maximum absolute atomic E-state index is 12.3. The van der Waals surface area contributed by atoms with Crippen LogP contribution in [0.15, 0.2) is 30.9 Å². The Balaban J connectivity index is 0.000000828. The van der Waals surface area contributed by atoms with Crippen molar-refractivity contribution in [2.24, 2.45) is 5.92 Å². The van der Waals surface area contributed by atoms with Crippen LogP contribution >= 0.6 is 34.8 Å². The number of carbonyl (C=O) groups is 1. The zero-order chi connectivity index (χ0) is 20.4. The molecule has 5 nitrogen and oxygen atoms in total. The molecule has 8 heteroatoms. The maximum Gasteiger partial charge on any atom is 0.329 e. The van der Waals surface area contributed by atoms with Gasteiger partial charge in [-0.2, -0.15) is 0 Å². The van der Waals surface area contributed by atoms with Crippen molar-refractivity contribution in [2.45, 2.75) is 34.1 Å². The van der Waals surface area contributed by atoms with Crippen LogP contribution in [0.5, 0.6) is 5.75 Å². The van der Waals surface area contributed by atoms with Gasteiger partial charge in [0.2, 0.25) is 0 Å². The van der Waals surface area contributed by atoms with E-state index in [9.17, 15) is 4.79 Å². The number of benzene rings is 1. The van der Waals surface area contributed by atoms with Crippen molar-refractivity contribution < 1.29 is 9.53 Å². The zero-order valence-corrected chi connectivity index (χ0v) is 18.4. The molecule has 1 aromatic heterocycles. The molecule has 0 aliphatic heterocycles. The first-order chi connectivity index (χ1) is 12.8. The molecule has 0 saturated heterocycles. The fourth-order valence-corrected chi connectivity index (χ4v) is 2.96. The first-order valence-corrected chi connectivity index (χ1v) is 9.94. The highest BCUT2D eigenvalue weighted by Gasteiger charge is 2.15. The molecule has 0 fully saturated rings. The van der Waals surface area contributed by atoms with Gasteiger partial charge in [-0.25, -0.2) is 9.78 Å². The van der Waals surface area contributed by atoms with E-state index in [1.807, 2.05) is 6.92 Å². The number of ether oxygens (including phenoxy) is 1. The fourth-order valence-electron chi connectivity index (χ4n) is 2.03. The van der Waals surface area contributed by atoms with Gasteiger partial charge >= 0.3 is 6.03 Å². The monoisotopic (exact) mass is 433 g/mol. The molecule has 1 heterocycles. The molecule has 0 saturated carbocycles. The van der Waals surface area contributed by atoms with Gasteiger partial charge in [-0.15, -0.1) is 0 Å². The SMILES string of the molecule is CC(C)C.CCCN(CCOc1c(Cl)cc(Cl)cc1Cl)C(=O)n1ccnc1. The molecule has 0 atom stereocenters. The standard InChI is InChI=1S/C15H16Cl3N3O2.C4H10/c1-2-4-20(15(22)21-5-3-19-10-21)6-7-23-14-12(17)8-11(16)9-13(14)18;1-4(2)3/h3,5,8-10H,2,4,6-7H2,1H3;4H,1-3H3. The van der Waals surface area contributed by atoms with Crippen molar-refractivity contribution in [1.82, 2.24) is 14.5 Å². The van der Waals surface area contributed by atoms with E-state index in [1.54, 1.807) is 29.4 Å². The molecule has 0 radical (unpaired) electrons. The zero-order valence-electron chi connectivity index (χ0n) is 16.1. The Hall–Kier alpha value is -1.43. The number of rotatable bonds is 6. The van der Waals surface area contributed by atoms with E-state index in [2.05, 4.69) is 25.8 Å². The third kappa shape index (κ3) is 8.41. The average molecular weight is 435 g/mol. The number of amides is 1. The van der Waals surface area contributed by atoms with E-state index >= 15 is 0 Å². The molecule has 0 aliphatic carbocycles. The molecule has 0 spiro atoms. The molecule has 27 heavy (non-hydrogen) atoms. The van der Waals surface area contributed by atoms with Gasteiger partial charge in [-0.1, -0.05) is 62.5 Å². The minimum Gasteiger partial charge on any atom is -0.489 e. The van der Waals surface area contributed by atoms with Crippen LogP contribution in [-0.4, -0.2) is 40.2 Å². The maximum atomic E-state index is 12.3. The summed E-state index contributed by atoms with van der Waals surface area (Å²) < 4.78 is 7.05. The summed E-state index contributed by atoms with van der Waals surface area (Å²) in [5, 5.41) is 1.12. The quantitative estimate of drug-likeness (QED) is 0.538. The summed E-state index contributed by atoms with van der Waals surface area (Å²) in [5.41, 5.74) is 0. The van der Waals surface area contributed by atoms with Crippen LogP contribution in [0.1, 0.15) is 34.1 Å². The van der Waals surface area contributed by atoms with Gasteiger partial charge in [-0.05, 0) is 24.5 Å². The summed E-state index contributed by atoms with van der Waals surface area (Å²) in [7, 11) is 0. The largest absolute Gasteiger partial charge is 0.489 e. The molecule has 1 aromatic carbocycles. The predicted molar refractivity (Wildman–Crippen MR) is 112 cm³/mol. The lowest BCUT2D eigenvalue weighted by molar-refractivity contribution is 0.184. The molecule has 150 valence electrons. The molecule has 0 N–H and O–H groups in total. The van der Waals surface area contributed by atoms with Crippen LogP contribution in [0.25, 0.3) is 0 Å². The highest BCUT2D eigenvalue weighted by atomic mass is 35.5. The van der Waals surface area contributed by atoms with Gasteiger partial charge in [0.1, 0.15) is 12.9 Å². The molecule has 2 rings (SSSR count).